The van der Waals surface area contributed by atoms with Gasteiger partial charge < -0.3 is 0 Å². The van der Waals surface area contributed by atoms with E-state index in [9.17, 15) is 0 Å². The first-order valence-electron chi connectivity index (χ1n) is 12.6. The van der Waals surface area contributed by atoms with Crippen LogP contribution in [0.3, 0.4) is 0 Å². The Balaban J connectivity index is 1.63. The molecule has 5 aromatic rings. The molecule has 0 aliphatic carbocycles. The van der Waals surface area contributed by atoms with Gasteiger partial charge >= 0.3 is 0 Å². The summed E-state index contributed by atoms with van der Waals surface area (Å²) >= 11 is 24.4. The second-order valence-corrected chi connectivity index (χ2v) is 10.2. The zero-order valence-corrected chi connectivity index (χ0v) is 24.8. The molecule has 6 nitrogen and oxygen atoms in total. The molecule has 0 atom stereocenters. The van der Waals surface area contributed by atoms with Gasteiger partial charge in [0.25, 0.3) is 0 Å². The summed E-state index contributed by atoms with van der Waals surface area (Å²) in [5.74, 6) is 0. The maximum atomic E-state index is 6.09. The first-order valence-corrected chi connectivity index (χ1v) is 14.1. The second-order valence-electron chi connectivity index (χ2n) is 8.64. The molecule has 206 valence electrons. The highest BCUT2D eigenvalue weighted by molar-refractivity contribution is 6.30. The van der Waals surface area contributed by atoms with Crippen LogP contribution < -0.4 is 0 Å². The van der Waals surface area contributed by atoms with Crippen molar-refractivity contribution >= 4 is 95.0 Å². The fourth-order valence-corrected chi connectivity index (χ4v) is 4.38. The molecule has 10 heteroatoms. The number of halogens is 4. The summed E-state index contributed by atoms with van der Waals surface area (Å²) < 4.78 is 0. The van der Waals surface area contributed by atoms with Gasteiger partial charge in [0.05, 0.1) is 45.6 Å². The summed E-state index contributed by atoms with van der Waals surface area (Å²) in [7, 11) is 0. The predicted molar refractivity (Wildman–Crippen MR) is 175 cm³/mol. The van der Waals surface area contributed by atoms with E-state index in [1.807, 2.05) is 97.1 Å². The van der Waals surface area contributed by atoms with E-state index in [0.29, 0.717) is 66.2 Å². The van der Waals surface area contributed by atoms with Gasteiger partial charge in [-0.2, -0.15) is 0 Å². The van der Waals surface area contributed by atoms with E-state index < -0.39 is 0 Å². The molecule has 0 aromatic carbocycles. The highest BCUT2D eigenvalue weighted by Gasteiger charge is 2.09. The quantitative estimate of drug-likeness (QED) is 0.159. The Morgan fingerprint density at radius 1 is 0.310 bits per heavy atom. The van der Waals surface area contributed by atoms with Gasteiger partial charge in [-0.05, 0) is 97.1 Å². The lowest BCUT2D eigenvalue weighted by Crippen LogP contribution is -2.00. The number of rotatable bonds is 8. The molecule has 0 spiro atoms. The maximum absolute atomic E-state index is 6.09. The van der Waals surface area contributed by atoms with Crippen LogP contribution >= 0.6 is 46.4 Å². The third-order valence-electron chi connectivity index (χ3n) is 5.60. The fourth-order valence-electron chi connectivity index (χ4n) is 3.70. The zero-order valence-electron chi connectivity index (χ0n) is 21.7. The summed E-state index contributed by atoms with van der Waals surface area (Å²) in [6.45, 7) is 0. The number of nitrogens with zero attached hydrogens (tertiary/aromatic N) is 6. The number of aromatic nitrogens is 6. The molecule has 5 rings (SSSR count). The molecule has 0 aliphatic rings. The zero-order chi connectivity index (χ0) is 29.3. The minimum atomic E-state index is 0.392. The Morgan fingerprint density at radius 3 is 0.762 bits per heavy atom. The van der Waals surface area contributed by atoms with E-state index >= 15 is 0 Å². The SMILES string of the molecule is Clc1cccc(C=Cc2nc(C=Cc3cccc(Cl)n3)c(C=Cc3cccc(Cl)n3)nc2C=Cc2cccc(Cl)n2)n1. The standard InChI is InChI=1S/C32H20Cl4N6/c33-29-9-1-5-21(37-29)13-17-25-26(18-14-22-6-2-10-30(34)38-22)42-28(20-16-24-8-4-12-32(36)40-24)27(41-25)19-15-23-7-3-11-31(35)39-23/h1-20H. The molecule has 0 radical (unpaired) electrons. The van der Waals surface area contributed by atoms with E-state index in [1.54, 1.807) is 24.3 Å². The number of hydrogen-bond acceptors (Lipinski definition) is 6. The van der Waals surface area contributed by atoms with Crippen LogP contribution in [-0.4, -0.2) is 29.9 Å². The molecular formula is C32H20Cl4N6. The molecule has 5 aromatic heterocycles. The van der Waals surface area contributed by atoms with E-state index in [1.165, 1.54) is 0 Å². The van der Waals surface area contributed by atoms with Gasteiger partial charge in [0.1, 0.15) is 20.6 Å². The second kappa shape index (κ2) is 14.1. The van der Waals surface area contributed by atoms with Gasteiger partial charge in [-0.25, -0.2) is 29.9 Å². The van der Waals surface area contributed by atoms with Gasteiger partial charge in [-0.15, -0.1) is 0 Å². The molecule has 0 bridgehead atoms. The van der Waals surface area contributed by atoms with Gasteiger partial charge in [-0.3, -0.25) is 0 Å². The fraction of sp³-hybridized carbons (Fsp3) is 0. The normalized spacial score (nSPS) is 11.9. The van der Waals surface area contributed by atoms with Crippen LogP contribution in [0.1, 0.15) is 45.6 Å². The van der Waals surface area contributed by atoms with Crippen molar-refractivity contribution in [2.45, 2.75) is 0 Å². The molecule has 0 fully saturated rings. The third kappa shape index (κ3) is 8.41. The average molecular weight is 630 g/mol. The molecule has 0 saturated carbocycles. The predicted octanol–water partition coefficient (Wildman–Crippen LogP) is 9.35. The minimum absolute atomic E-state index is 0.392. The molecular weight excluding hydrogens is 610 g/mol. The van der Waals surface area contributed by atoms with Gasteiger partial charge in [0, 0.05) is 0 Å². The summed E-state index contributed by atoms with van der Waals surface area (Å²) in [6, 6.07) is 21.6. The summed E-state index contributed by atoms with van der Waals surface area (Å²) in [5, 5.41) is 1.57. The maximum Gasteiger partial charge on any atom is 0.129 e. The summed E-state index contributed by atoms with van der Waals surface area (Å²) in [5.41, 5.74) is 5.05. The lowest BCUT2D eigenvalue weighted by molar-refractivity contribution is 1.12. The van der Waals surface area contributed by atoms with Crippen LogP contribution in [0.4, 0.5) is 0 Å². The summed E-state index contributed by atoms with van der Waals surface area (Å²) in [4.78, 5) is 27.3. The van der Waals surface area contributed by atoms with Crippen LogP contribution in [0.25, 0.3) is 48.6 Å². The van der Waals surface area contributed by atoms with Crippen LogP contribution in [-0.2, 0) is 0 Å². The lowest BCUT2D eigenvalue weighted by Gasteiger charge is -2.07. The van der Waals surface area contributed by atoms with Crippen LogP contribution in [0.5, 0.6) is 0 Å². The molecule has 0 unspecified atom stereocenters. The highest BCUT2D eigenvalue weighted by Crippen LogP contribution is 2.21. The van der Waals surface area contributed by atoms with Crippen molar-refractivity contribution in [3.63, 3.8) is 0 Å². The first kappa shape index (κ1) is 29.3. The third-order valence-corrected chi connectivity index (χ3v) is 6.44. The van der Waals surface area contributed by atoms with E-state index in [2.05, 4.69) is 19.9 Å². The topological polar surface area (TPSA) is 77.3 Å². The Bertz CT molecular complexity index is 1590. The Labute approximate surface area is 262 Å². The lowest BCUT2D eigenvalue weighted by atomic mass is 10.1. The molecule has 0 saturated heterocycles. The van der Waals surface area contributed by atoms with E-state index in [-0.39, 0.29) is 0 Å². The molecule has 0 amide bonds. The molecule has 5 heterocycles. The van der Waals surface area contributed by atoms with Gasteiger partial charge in [0.2, 0.25) is 0 Å². The Hall–Kier alpha value is -4.20. The van der Waals surface area contributed by atoms with E-state index in [0.717, 1.165) is 0 Å². The number of pyridine rings is 4. The van der Waals surface area contributed by atoms with Crippen LogP contribution in [0, 0.1) is 0 Å². The van der Waals surface area contributed by atoms with E-state index in [4.69, 9.17) is 56.4 Å². The van der Waals surface area contributed by atoms with Crippen LogP contribution in [0.2, 0.25) is 20.6 Å². The first-order chi connectivity index (χ1) is 20.4. The average Bonchev–Trinajstić information content (AvgIpc) is 2.97. The molecule has 0 N–H and O–H groups in total. The highest BCUT2D eigenvalue weighted by atomic mass is 35.5. The smallest absolute Gasteiger partial charge is 0.129 e. The van der Waals surface area contributed by atoms with Gasteiger partial charge in [0.15, 0.2) is 0 Å². The van der Waals surface area contributed by atoms with Crippen molar-refractivity contribution in [3.8, 4) is 0 Å². The molecule has 0 aliphatic heterocycles. The Morgan fingerprint density at radius 2 is 0.548 bits per heavy atom. The molecule has 42 heavy (non-hydrogen) atoms. The number of hydrogen-bond donors (Lipinski definition) is 0. The van der Waals surface area contributed by atoms with Crippen molar-refractivity contribution in [3.05, 3.63) is 139 Å². The van der Waals surface area contributed by atoms with Gasteiger partial charge in [-0.1, -0.05) is 70.7 Å². The minimum Gasteiger partial charge on any atom is -0.245 e. The van der Waals surface area contributed by atoms with Crippen LogP contribution in [0.15, 0.2) is 72.8 Å². The van der Waals surface area contributed by atoms with Crippen molar-refractivity contribution in [2.24, 2.45) is 0 Å². The van der Waals surface area contributed by atoms with Crippen molar-refractivity contribution in [1.82, 2.24) is 29.9 Å². The summed E-state index contributed by atoms with van der Waals surface area (Å²) in [6.07, 6.45) is 14.6. The Kier molecular flexibility index (Phi) is 9.85. The van der Waals surface area contributed by atoms with Crippen molar-refractivity contribution in [2.75, 3.05) is 0 Å². The largest absolute Gasteiger partial charge is 0.245 e. The monoisotopic (exact) mass is 628 g/mol. The van der Waals surface area contributed by atoms with Crippen molar-refractivity contribution < 1.29 is 0 Å². The van der Waals surface area contributed by atoms with Crippen molar-refractivity contribution in [1.29, 1.82) is 0 Å².